The maximum absolute atomic E-state index is 10.9. The SMILES string of the molecule is CCOC(=O)CSc1nnc(C)s1. The molecule has 1 heterocycles. The highest BCUT2D eigenvalue weighted by Crippen LogP contribution is 2.21. The predicted molar refractivity (Wildman–Crippen MR) is 52.0 cm³/mol. The summed E-state index contributed by atoms with van der Waals surface area (Å²) in [5.74, 6) is 0.100. The van der Waals surface area contributed by atoms with Crippen LogP contribution in [0.4, 0.5) is 0 Å². The maximum atomic E-state index is 10.9. The van der Waals surface area contributed by atoms with Crippen LogP contribution in [0.15, 0.2) is 4.34 Å². The summed E-state index contributed by atoms with van der Waals surface area (Å²) in [7, 11) is 0. The quantitative estimate of drug-likeness (QED) is 0.566. The summed E-state index contributed by atoms with van der Waals surface area (Å²) >= 11 is 2.84. The molecule has 0 fully saturated rings. The first-order valence-corrected chi connectivity index (χ1v) is 5.61. The Labute approximate surface area is 84.7 Å². The molecule has 0 aliphatic carbocycles. The third kappa shape index (κ3) is 3.73. The van der Waals surface area contributed by atoms with Crippen molar-refractivity contribution in [1.29, 1.82) is 0 Å². The van der Waals surface area contributed by atoms with Gasteiger partial charge in [-0.1, -0.05) is 23.1 Å². The van der Waals surface area contributed by atoms with Crippen molar-refractivity contribution in [2.75, 3.05) is 12.4 Å². The first-order valence-electron chi connectivity index (χ1n) is 3.81. The van der Waals surface area contributed by atoms with Crippen molar-refractivity contribution < 1.29 is 9.53 Å². The van der Waals surface area contributed by atoms with E-state index in [1.165, 1.54) is 23.1 Å². The van der Waals surface area contributed by atoms with E-state index in [1.807, 2.05) is 6.92 Å². The van der Waals surface area contributed by atoms with Crippen molar-refractivity contribution in [3.63, 3.8) is 0 Å². The Balaban J connectivity index is 2.30. The Kier molecular flexibility index (Phi) is 4.17. The summed E-state index contributed by atoms with van der Waals surface area (Å²) in [6, 6.07) is 0. The van der Waals surface area contributed by atoms with Crippen molar-refractivity contribution in [3.8, 4) is 0 Å². The molecule has 6 heteroatoms. The molecular weight excluding hydrogens is 208 g/mol. The van der Waals surface area contributed by atoms with Crippen LogP contribution in [-0.2, 0) is 9.53 Å². The normalized spacial score (nSPS) is 10.0. The fourth-order valence-corrected chi connectivity index (χ4v) is 2.27. The van der Waals surface area contributed by atoms with Gasteiger partial charge in [0.15, 0.2) is 4.34 Å². The maximum Gasteiger partial charge on any atom is 0.316 e. The van der Waals surface area contributed by atoms with Gasteiger partial charge in [-0.05, 0) is 13.8 Å². The molecule has 13 heavy (non-hydrogen) atoms. The highest BCUT2D eigenvalue weighted by molar-refractivity contribution is 8.01. The highest BCUT2D eigenvalue weighted by atomic mass is 32.2. The van der Waals surface area contributed by atoms with E-state index in [2.05, 4.69) is 10.2 Å². The van der Waals surface area contributed by atoms with Crippen LogP contribution in [0.2, 0.25) is 0 Å². The van der Waals surface area contributed by atoms with Crippen LogP contribution < -0.4 is 0 Å². The van der Waals surface area contributed by atoms with Gasteiger partial charge in [-0.25, -0.2) is 0 Å². The zero-order valence-electron chi connectivity index (χ0n) is 7.44. The molecule has 4 nitrogen and oxygen atoms in total. The number of aromatic nitrogens is 2. The van der Waals surface area contributed by atoms with E-state index in [9.17, 15) is 4.79 Å². The van der Waals surface area contributed by atoms with Crippen LogP contribution in [-0.4, -0.2) is 28.5 Å². The van der Waals surface area contributed by atoms with Crippen molar-refractivity contribution in [1.82, 2.24) is 10.2 Å². The lowest BCUT2D eigenvalue weighted by atomic mass is 10.8. The molecule has 1 aromatic heterocycles. The van der Waals surface area contributed by atoms with E-state index in [-0.39, 0.29) is 5.97 Å². The van der Waals surface area contributed by atoms with Gasteiger partial charge in [0.05, 0.1) is 12.4 Å². The van der Waals surface area contributed by atoms with E-state index in [0.717, 1.165) is 9.35 Å². The summed E-state index contributed by atoms with van der Waals surface area (Å²) in [6.45, 7) is 4.10. The Morgan fingerprint density at radius 3 is 2.92 bits per heavy atom. The van der Waals surface area contributed by atoms with Crippen LogP contribution in [0.5, 0.6) is 0 Å². The Morgan fingerprint density at radius 2 is 2.38 bits per heavy atom. The molecule has 0 bridgehead atoms. The van der Waals surface area contributed by atoms with Gasteiger partial charge in [0, 0.05) is 0 Å². The summed E-state index contributed by atoms with van der Waals surface area (Å²) in [5.41, 5.74) is 0. The van der Waals surface area contributed by atoms with Gasteiger partial charge in [0.1, 0.15) is 5.01 Å². The van der Waals surface area contributed by atoms with Crippen LogP contribution in [0, 0.1) is 6.92 Å². The summed E-state index contributed by atoms with van der Waals surface area (Å²) in [4.78, 5) is 10.9. The highest BCUT2D eigenvalue weighted by Gasteiger charge is 2.06. The van der Waals surface area contributed by atoms with Gasteiger partial charge < -0.3 is 4.74 Å². The number of hydrogen-bond acceptors (Lipinski definition) is 6. The van der Waals surface area contributed by atoms with Gasteiger partial charge in [0.2, 0.25) is 0 Å². The summed E-state index contributed by atoms with van der Waals surface area (Å²) in [6.07, 6.45) is 0. The first-order chi connectivity index (χ1) is 6.22. The smallest absolute Gasteiger partial charge is 0.316 e. The molecular formula is C7H10N2O2S2. The van der Waals surface area contributed by atoms with Gasteiger partial charge in [-0.2, -0.15) is 0 Å². The van der Waals surface area contributed by atoms with E-state index in [4.69, 9.17) is 4.74 Å². The number of carbonyl (C=O) groups excluding carboxylic acids is 1. The zero-order chi connectivity index (χ0) is 9.68. The number of nitrogens with zero attached hydrogens (tertiary/aromatic N) is 2. The predicted octanol–water partition coefficient (Wildman–Crippen LogP) is 1.50. The number of esters is 1. The summed E-state index contributed by atoms with van der Waals surface area (Å²) < 4.78 is 5.58. The number of hydrogen-bond donors (Lipinski definition) is 0. The van der Waals surface area contributed by atoms with E-state index in [0.29, 0.717) is 12.4 Å². The van der Waals surface area contributed by atoms with Gasteiger partial charge in [0.25, 0.3) is 0 Å². The van der Waals surface area contributed by atoms with Crippen molar-refractivity contribution in [3.05, 3.63) is 5.01 Å². The topological polar surface area (TPSA) is 52.1 Å². The van der Waals surface area contributed by atoms with E-state index >= 15 is 0 Å². The van der Waals surface area contributed by atoms with Gasteiger partial charge >= 0.3 is 5.97 Å². The second kappa shape index (κ2) is 5.18. The van der Waals surface area contributed by atoms with E-state index < -0.39 is 0 Å². The van der Waals surface area contributed by atoms with Crippen LogP contribution >= 0.6 is 23.1 Å². The second-order valence-electron chi connectivity index (χ2n) is 2.18. The largest absolute Gasteiger partial charge is 0.465 e. The molecule has 0 amide bonds. The van der Waals surface area contributed by atoms with Gasteiger partial charge in [-0.3, -0.25) is 4.79 Å². The minimum absolute atomic E-state index is 0.208. The molecule has 0 aliphatic heterocycles. The number of ether oxygens (including phenoxy) is 1. The van der Waals surface area contributed by atoms with Gasteiger partial charge in [-0.15, -0.1) is 10.2 Å². The number of thioether (sulfide) groups is 1. The molecule has 0 atom stereocenters. The fourth-order valence-electron chi connectivity index (χ4n) is 0.660. The second-order valence-corrected chi connectivity index (χ2v) is 4.58. The summed E-state index contributed by atoms with van der Waals surface area (Å²) in [5, 5.41) is 8.62. The molecule has 0 saturated carbocycles. The minimum Gasteiger partial charge on any atom is -0.465 e. The number of carbonyl (C=O) groups is 1. The number of aryl methyl sites for hydroxylation is 1. The van der Waals surface area contributed by atoms with E-state index in [1.54, 1.807) is 6.92 Å². The minimum atomic E-state index is -0.208. The Hall–Kier alpha value is -0.620. The average Bonchev–Trinajstić information content (AvgIpc) is 2.49. The Morgan fingerprint density at radius 1 is 1.62 bits per heavy atom. The third-order valence-electron chi connectivity index (χ3n) is 1.13. The zero-order valence-corrected chi connectivity index (χ0v) is 9.07. The lowest BCUT2D eigenvalue weighted by Gasteiger charge is -1.97. The average molecular weight is 218 g/mol. The lowest BCUT2D eigenvalue weighted by Crippen LogP contribution is -2.06. The molecule has 1 aromatic rings. The molecule has 0 unspecified atom stereocenters. The fraction of sp³-hybridized carbons (Fsp3) is 0.571. The van der Waals surface area contributed by atoms with Crippen molar-refractivity contribution in [2.45, 2.75) is 18.2 Å². The molecule has 0 aromatic carbocycles. The Bertz CT molecular complexity index is 288. The standard InChI is InChI=1S/C7H10N2O2S2/c1-3-11-6(10)4-12-7-9-8-5(2)13-7/h3-4H2,1-2H3. The molecule has 0 aliphatic rings. The lowest BCUT2D eigenvalue weighted by molar-refractivity contribution is -0.139. The third-order valence-corrected chi connectivity index (χ3v) is 3.07. The first kappa shape index (κ1) is 10.5. The number of rotatable bonds is 4. The molecule has 1 rings (SSSR count). The molecule has 0 spiro atoms. The molecule has 0 N–H and O–H groups in total. The van der Waals surface area contributed by atoms with Crippen LogP contribution in [0.3, 0.4) is 0 Å². The monoisotopic (exact) mass is 218 g/mol. The van der Waals surface area contributed by atoms with Crippen molar-refractivity contribution >= 4 is 29.1 Å². The molecule has 72 valence electrons. The van der Waals surface area contributed by atoms with Crippen LogP contribution in [0.1, 0.15) is 11.9 Å². The van der Waals surface area contributed by atoms with Crippen molar-refractivity contribution in [2.24, 2.45) is 0 Å². The molecule has 0 saturated heterocycles. The van der Waals surface area contributed by atoms with Crippen LogP contribution in [0.25, 0.3) is 0 Å². The molecule has 0 radical (unpaired) electrons.